The number of nitrogens with zero attached hydrogens (tertiary/aromatic N) is 1. The molecule has 0 spiro atoms. The lowest BCUT2D eigenvalue weighted by Crippen LogP contribution is -2.20. The van der Waals surface area contributed by atoms with Gasteiger partial charge in [-0.2, -0.15) is 13.2 Å². The van der Waals surface area contributed by atoms with E-state index >= 15 is 0 Å². The molecule has 0 fully saturated rings. The van der Waals surface area contributed by atoms with E-state index in [2.05, 4.69) is 10.3 Å². The van der Waals surface area contributed by atoms with Crippen molar-refractivity contribution in [2.24, 2.45) is 0 Å². The molecule has 3 nitrogen and oxygen atoms in total. The maximum absolute atomic E-state index is 12.4. The van der Waals surface area contributed by atoms with Gasteiger partial charge in [-0.3, -0.25) is 9.78 Å². The molecule has 0 aromatic carbocycles. The highest BCUT2D eigenvalue weighted by Gasteiger charge is 2.30. The van der Waals surface area contributed by atoms with Crippen molar-refractivity contribution < 1.29 is 18.0 Å². The van der Waals surface area contributed by atoms with E-state index in [0.717, 1.165) is 18.3 Å². The van der Waals surface area contributed by atoms with E-state index in [1.807, 2.05) is 0 Å². The molecule has 1 N–H and O–H groups in total. The molecule has 1 heterocycles. The molecule has 98 valence electrons. The van der Waals surface area contributed by atoms with Gasteiger partial charge in [0.1, 0.15) is 0 Å². The molecule has 1 amide bonds. The minimum Gasteiger partial charge on any atom is -0.356 e. The van der Waals surface area contributed by atoms with Crippen LogP contribution in [-0.2, 0) is 11.0 Å². The van der Waals surface area contributed by atoms with E-state index in [9.17, 15) is 18.0 Å². The summed E-state index contributed by atoms with van der Waals surface area (Å²) in [6, 6.07) is 1.91. The van der Waals surface area contributed by atoms with Crippen molar-refractivity contribution in [1.29, 1.82) is 0 Å². The predicted octanol–water partition coefficient (Wildman–Crippen LogP) is 2.64. The van der Waals surface area contributed by atoms with Gasteiger partial charge in [-0.05, 0) is 24.6 Å². The fourth-order valence-corrected chi connectivity index (χ4v) is 1.25. The molecule has 0 aliphatic heterocycles. The third-order valence-corrected chi connectivity index (χ3v) is 2.08. The van der Waals surface area contributed by atoms with E-state index in [0.29, 0.717) is 13.0 Å². The Bertz CT molecular complexity index is 441. The number of nitrogens with one attached hydrogen (secondary N) is 1. The van der Waals surface area contributed by atoms with Gasteiger partial charge < -0.3 is 5.32 Å². The minimum atomic E-state index is -4.36. The third-order valence-electron chi connectivity index (χ3n) is 2.08. The van der Waals surface area contributed by atoms with Crippen molar-refractivity contribution in [3.05, 3.63) is 35.7 Å². The number of hydrogen-bond acceptors (Lipinski definition) is 2. The number of hydrogen-bond donors (Lipinski definition) is 1. The van der Waals surface area contributed by atoms with Gasteiger partial charge in [-0.1, -0.05) is 6.08 Å². The smallest absolute Gasteiger partial charge is 0.356 e. The first-order chi connectivity index (χ1) is 8.39. The van der Waals surface area contributed by atoms with Gasteiger partial charge in [0, 0.05) is 19.7 Å². The van der Waals surface area contributed by atoms with Crippen LogP contribution in [0, 0.1) is 0 Å². The van der Waals surface area contributed by atoms with Gasteiger partial charge in [0.05, 0.1) is 11.3 Å². The molecule has 0 atom stereocenters. The molecule has 6 heteroatoms. The summed E-state index contributed by atoms with van der Waals surface area (Å²) in [5.41, 5.74) is -0.480. The first kappa shape index (κ1) is 14.2. The lowest BCUT2D eigenvalue weighted by Gasteiger charge is -2.06. The largest absolute Gasteiger partial charge is 0.416 e. The van der Waals surface area contributed by atoms with Crippen molar-refractivity contribution in [2.45, 2.75) is 19.5 Å². The summed E-state index contributed by atoms with van der Waals surface area (Å²) in [4.78, 5) is 14.4. The zero-order valence-corrected chi connectivity index (χ0v) is 9.79. The Hall–Kier alpha value is -1.85. The number of alkyl halides is 3. The van der Waals surface area contributed by atoms with E-state index in [1.54, 1.807) is 6.08 Å². The van der Waals surface area contributed by atoms with E-state index < -0.39 is 11.7 Å². The van der Waals surface area contributed by atoms with Crippen molar-refractivity contribution >= 4 is 12.0 Å². The molecule has 0 bridgehead atoms. The van der Waals surface area contributed by atoms with Crippen LogP contribution in [0.4, 0.5) is 13.2 Å². The summed E-state index contributed by atoms with van der Waals surface area (Å²) in [6.07, 6.45) is 0.463. The Balaban J connectivity index is 2.57. The number of aromatic nitrogens is 1. The van der Waals surface area contributed by atoms with E-state index in [1.165, 1.54) is 13.0 Å². The van der Waals surface area contributed by atoms with Gasteiger partial charge in [-0.25, -0.2) is 0 Å². The Morgan fingerprint density at radius 3 is 2.83 bits per heavy atom. The van der Waals surface area contributed by atoms with Crippen LogP contribution in [0.25, 0.3) is 6.08 Å². The van der Waals surface area contributed by atoms with Crippen LogP contribution in [0.15, 0.2) is 24.4 Å². The van der Waals surface area contributed by atoms with Crippen LogP contribution < -0.4 is 5.32 Å². The fraction of sp³-hybridized carbons (Fsp3) is 0.333. The Labute approximate surface area is 103 Å². The average molecular weight is 258 g/mol. The molecule has 0 saturated carbocycles. The summed E-state index contributed by atoms with van der Waals surface area (Å²) < 4.78 is 37.2. The zero-order valence-electron chi connectivity index (χ0n) is 9.79. The molecule has 0 aliphatic carbocycles. The lowest BCUT2D eigenvalue weighted by atomic mass is 10.2. The normalized spacial score (nSPS) is 11.8. The highest BCUT2D eigenvalue weighted by Crippen LogP contribution is 2.29. The molecule has 0 unspecified atom stereocenters. The number of carbonyl (C=O) groups is 1. The molecule has 1 aromatic rings. The van der Waals surface area contributed by atoms with Gasteiger partial charge in [0.25, 0.3) is 0 Å². The van der Waals surface area contributed by atoms with E-state index in [-0.39, 0.29) is 11.6 Å². The summed E-state index contributed by atoms with van der Waals surface area (Å²) in [5.74, 6) is -0.138. The Morgan fingerprint density at radius 1 is 1.50 bits per heavy atom. The highest BCUT2D eigenvalue weighted by atomic mass is 19.4. The van der Waals surface area contributed by atoms with E-state index in [4.69, 9.17) is 0 Å². The Morgan fingerprint density at radius 2 is 2.22 bits per heavy atom. The van der Waals surface area contributed by atoms with Crippen LogP contribution in [0.1, 0.15) is 24.6 Å². The number of halogens is 3. The van der Waals surface area contributed by atoms with Crippen molar-refractivity contribution in [2.75, 3.05) is 6.54 Å². The van der Waals surface area contributed by atoms with Gasteiger partial charge in [0.15, 0.2) is 0 Å². The first-order valence-electron chi connectivity index (χ1n) is 5.34. The second-order valence-electron chi connectivity index (χ2n) is 3.64. The van der Waals surface area contributed by atoms with Crippen LogP contribution in [0.2, 0.25) is 0 Å². The third kappa shape index (κ3) is 4.99. The quantitative estimate of drug-likeness (QED) is 0.843. The number of carbonyl (C=O) groups excluding carboxylic acids is 1. The second kappa shape index (κ2) is 6.18. The Kier molecular flexibility index (Phi) is 4.88. The molecule has 0 saturated heterocycles. The summed E-state index contributed by atoms with van der Waals surface area (Å²) in [5, 5.41) is 2.58. The topological polar surface area (TPSA) is 42.0 Å². The first-order valence-corrected chi connectivity index (χ1v) is 5.34. The monoisotopic (exact) mass is 258 g/mol. The minimum absolute atomic E-state index is 0.138. The van der Waals surface area contributed by atoms with Crippen molar-refractivity contribution in [1.82, 2.24) is 10.3 Å². The van der Waals surface area contributed by atoms with Crippen LogP contribution in [-0.4, -0.2) is 17.4 Å². The van der Waals surface area contributed by atoms with Crippen LogP contribution in [0.3, 0.4) is 0 Å². The van der Waals surface area contributed by atoms with Crippen molar-refractivity contribution in [3.63, 3.8) is 0 Å². The number of rotatable bonds is 4. The summed E-state index contributed by atoms with van der Waals surface area (Å²) in [6.45, 7) is 1.85. The number of pyridine rings is 1. The predicted molar refractivity (Wildman–Crippen MR) is 61.6 cm³/mol. The molecule has 0 radical (unpaired) electrons. The maximum Gasteiger partial charge on any atom is 0.416 e. The molecule has 0 aliphatic rings. The number of amides is 1. The average Bonchev–Trinajstić information content (AvgIpc) is 2.27. The van der Waals surface area contributed by atoms with Crippen LogP contribution in [0.5, 0.6) is 0 Å². The lowest BCUT2D eigenvalue weighted by molar-refractivity contribution is -0.137. The van der Waals surface area contributed by atoms with Gasteiger partial charge in [-0.15, -0.1) is 0 Å². The molecular weight excluding hydrogens is 245 g/mol. The van der Waals surface area contributed by atoms with Gasteiger partial charge in [0.2, 0.25) is 5.91 Å². The van der Waals surface area contributed by atoms with Crippen molar-refractivity contribution in [3.8, 4) is 0 Å². The van der Waals surface area contributed by atoms with Crippen LogP contribution >= 0.6 is 0 Å². The second-order valence-corrected chi connectivity index (χ2v) is 3.64. The molecular formula is C12H13F3N2O. The zero-order chi connectivity index (χ0) is 13.6. The highest BCUT2D eigenvalue weighted by molar-refractivity contribution is 5.72. The maximum atomic E-state index is 12.4. The molecule has 18 heavy (non-hydrogen) atoms. The summed E-state index contributed by atoms with van der Waals surface area (Å²) in [7, 11) is 0. The standard InChI is InChI=1S/C12H13F3N2O/c1-9(18)16-6-3-2-4-11-8-10(5-7-17-11)12(13,14)15/h2,4-5,7-8H,3,6H2,1H3,(H,16,18). The SMILES string of the molecule is CC(=O)NCCC=Cc1cc(C(F)(F)F)ccn1. The molecule has 1 rings (SSSR count). The van der Waals surface area contributed by atoms with Gasteiger partial charge >= 0.3 is 6.18 Å². The fourth-order valence-electron chi connectivity index (χ4n) is 1.25. The summed E-state index contributed by atoms with van der Waals surface area (Å²) >= 11 is 0. The molecule has 1 aromatic heterocycles.